The molecule has 76 heavy (non-hydrogen) atoms. The minimum Gasteiger partial charge on any atom is -0.480 e. The zero-order valence-electron chi connectivity index (χ0n) is 43.1. The zero-order valence-corrected chi connectivity index (χ0v) is 43.1. The van der Waals surface area contributed by atoms with E-state index in [1.807, 2.05) is 0 Å². The number of ether oxygens (including phenoxy) is 4. The molecule has 10 amide bonds. The highest BCUT2D eigenvalue weighted by molar-refractivity contribution is 5.94. The summed E-state index contributed by atoms with van der Waals surface area (Å²) in [5, 5.41) is 82.8. The Balaban J connectivity index is 2.19. The molecule has 17 atom stereocenters. The first kappa shape index (κ1) is 65.9. The van der Waals surface area contributed by atoms with Crippen LogP contribution in [-0.4, -0.2) is 226 Å². The van der Waals surface area contributed by atoms with Gasteiger partial charge >= 0.3 is 5.97 Å². The molecule has 432 valence electrons. The fourth-order valence-corrected chi connectivity index (χ4v) is 7.55. The second-order valence-corrected chi connectivity index (χ2v) is 18.3. The van der Waals surface area contributed by atoms with Crippen LogP contribution in [0.15, 0.2) is 0 Å². The highest BCUT2D eigenvalue weighted by Gasteiger charge is 2.53. The highest BCUT2D eigenvalue weighted by Crippen LogP contribution is 2.31. The molecule has 0 aliphatic carbocycles. The molecule has 0 aromatic rings. The lowest BCUT2D eigenvalue weighted by Crippen LogP contribution is -2.70. The monoisotopic (exact) mass is 1090 g/mol. The number of carboxylic acids is 1. The molecule has 32 heteroatoms. The van der Waals surface area contributed by atoms with Crippen LogP contribution in [0.1, 0.15) is 80.6 Å². The first-order valence-electron chi connectivity index (χ1n) is 24.3. The van der Waals surface area contributed by atoms with E-state index < -0.39 is 201 Å². The predicted octanol–water partition coefficient (Wildman–Crippen LogP) is -9.11. The molecule has 2 fully saturated rings. The quantitative estimate of drug-likeness (QED) is 0.0297. The Kier molecular flexibility index (Phi) is 27.5. The maximum absolute atomic E-state index is 13.6. The van der Waals surface area contributed by atoms with E-state index in [4.69, 9.17) is 35.5 Å². The van der Waals surface area contributed by atoms with Gasteiger partial charge in [-0.1, -0.05) is 0 Å². The van der Waals surface area contributed by atoms with Crippen molar-refractivity contribution in [2.75, 3.05) is 26.3 Å². The van der Waals surface area contributed by atoms with Gasteiger partial charge in [-0.05, 0) is 60.3 Å². The van der Waals surface area contributed by atoms with E-state index in [1.165, 1.54) is 34.6 Å². The lowest BCUT2D eigenvalue weighted by atomic mass is 9.94. The number of aliphatic hydroxyl groups excluding tert-OH is 5. The van der Waals surface area contributed by atoms with Gasteiger partial charge in [-0.15, -0.1) is 0 Å². The third-order valence-corrected chi connectivity index (χ3v) is 11.8. The normalized spacial score (nSPS) is 26.0. The number of unbranched alkanes of at least 4 members (excludes halogenated alkanes) is 1. The van der Waals surface area contributed by atoms with Gasteiger partial charge in [-0.25, -0.2) is 0 Å². The van der Waals surface area contributed by atoms with Crippen LogP contribution in [0.5, 0.6) is 0 Å². The van der Waals surface area contributed by atoms with E-state index in [2.05, 4.69) is 47.9 Å². The molecule has 2 heterocycles. The van der Waals surface area contributed by atoms with Gasteiger partial charge in [-0.3, -0.25) is 52.7 Å². The van der Waals surface area contributed by atoms with Crippen LogP contribution < -0.4 is 59.3 Å². The average Bonchev–Trinajstić information content (AvgIpc) is 3.34. The van der Waals surface area contributed by atoms with Crippen molar-refractivity contribution < 1.29 is 102 Å². The summed E-state index contributed by atoms with van der Waals surface area (Å²) in [5.41, 5.74) is 11.1. The van der Waals surface area contributed by atoms with Gasteiger partial charge in [-0.2, -0.15) is 0 Å². The first-order valence-corrected chi connectivity index (χ1v) is 24.3. The number of hydrogen-bond donors (Lipinski definition) is 17. The third kappa shape index (κ3) is 21.1. The second kappa shape index (κ2) is 31.7. The average molecular weight is 1090 g/mol. The van der Waals surface area contributed by atoms with E-state index in [-0.39, 0.29) is 25.8 Å². The summed E-state index contributed by atoms with van der Waals surface area (Å²) in [6, 6.07) is -10.4. The Hall–Kier alpha value is -6.23. The second-order valence-electron chi connectivity index (χ2n) is 18.3. The van der Waals surface area contributed by atoms with Crippen LogP contribution in [0.4, 0.5) is 0 Å². The number of aliphatic hydroxyl groups is 5. The molecule has 0 spiro atoms. The summed E-state index contributed by atoms with van der Waals surface area (Å²) < 4.78 is 23.2. The van der Waals surface area contributed by atoms with Crippen molar-refractivity contribution in [3.8, 4) is 0 Å². The van der Waals surface area contributed by atoms with Gasteiger partial charge in [0.1, 0.15) is 91.6 Å². The number of aliphatic carboxylic acids is 1. The maximum Gasteiger partial charge on any atom is 0.322 e. The van der Waals surface area contributed by atoms with Gasteiger partial charge in [0.15, 0.2) is 12.6 Å². The van der Waals surface area contributed by atoms with Crippen molar-refractivity contribution in [1.82, 2.24) is 47.9 Å². The van der Waals surface area contributed by atoms with Crippen molar-refractivity contribution in [3.63, 3.8) is 0 Å². The highest BCUT2D eigenvalue weighted by atomic mass is 16.7. The predicted molar refractivity (Wildman–Crippen MR) is 256 cm³/mol. The molecule has 0 bridgehead atoms. The van der Waals surface area contributed by atoms with E-state index in [9.17, 15) is 78.3 Å². The lowest BCUT2D eigenvalue weighted by molar-refractivity contribution is -0.333. The van der Waals surface area contributed by atoms with Crippen molar-refractivity contribution in [1.29, 1.82) is 0 Å². The van der Waals surface area contributed by atoms with Crippen LogP contribution in [0.25, 0.3) is 0 Å². The van der Waals surface area contributed by atoms with Crippen LogP contribution >= 0.6 is 0 Å². The van der Waals surface area contributed by atoms with Crippen LogP contribution in [0.3, 0.4) is 0 Å². The zero-order chi connectivity index (χ0) is 57.7. The number of rotatable bonds is 30. The topological polar surface area (TPSA) is 506 Å². The molecule has 32 nitrogen and oxygen atoms in total. The van der Waals surface area contributed by atoms with Gasteiger partial charge in [0, 0.05) is 26.8 Å². The summed E-state index contributed by atoms with van der Waals surface area (Å²) in [6.07, 6.45) is -15.5. The number of nitrogens with two attached hydrogens (primary N) is 2. The smallest absolute Gasteiger partial charge is 0.322 e. The van der Waals surface area contributed by atoms with Crippen LogP contribution in [0, 0.1) is 0 Å². The molecule has 0 saturated carbocycles. The molecule has 2 aliphatic heterocycles. The molecule has 0 aromatic heterocycles. The van der Waals surface area contributed by atoms with Crippen LogP contribution in [-0.2, 0) is 71.7 Å². The Bertz CT molecular complexity index is 2040. The van der Waals surface area contributed by atoms with Gasteiger partial charge in [0.05, 0.1) is 19.3 Å². The molecule has 2 aliphatic rings. The molecule has 19 N–H and O–H groups in total. The summed E-state index contributed by atoms with van der Waals surface area (Å²) >= 11 is 0. The van der Waals surface area contributed by atoms with Crippen molar-refractivity contribution in [2.45, 2.75) is 184 Å². The molecular weight excluding hydrogens is 1020 g/mol. The summed E-state index contributed by atoms with van der Waals surface area (Å²) in [6.45, 7) is 6.32. The number of nitrogens with one attached hydrogen (secondary N) is 9. The fourth-order valence-electron chi connectivity index (χ4n) is 7.55. The largest absolute Gasteiger partial charge is 0.480 e. The Labute approximate surface area is 436 Å². The first-order chi connectivity index (χ1) is 35.5. The standard InChI is InChI=1S/C44H75N11O21/c1-17(45)37(66)49-18(2)38(67)47-13-9-8-10-25(42(71)51-19(3)39(68)48-14-29(61)62)54-28(60)12-11-24(36(46)65)55-40(69)20(4)50-41(70)21(5)73-35-31(53-23(7)59)43(72)74-27(16-57)34(35)76-44-30(52-22(6)58)33(64)32(63)26(15-56)75-44/h17-21,24-27,30-35,43-44,56-57,63-64,72H,8-16,45H2,1-7H3,(H2,46,65)(H,47,67)(H,48,68)(H,49,66)(H,50,70)(H,51,71)(H,52,58)(H,53,59)(H,54,60)(H,55,69)(H,61,62). The Morgan fingerprint density at radius 2 is 1.16 bits per heavy atom. The molecular formula is C44H75N11O21. The van der Waals surface area contributed by atoms with Gasteiger partial charge in [0.25, 0.3) is 0 Å². The van der Waals surface area contributed by atoms with Gasteiger partial charge in [0.2, 0.25) is 59.1 Å². The summed E-state index contributed by atoms with van der Waals surface area (Å²) in [7, 11) is 0. The van der Waals surface area contributed by atoms with E-state index in [1.54, 1.807) is 0 Å². The molecule has 0 radical (unpaired) electrons. The number of primary amides is 1. The fraction of sp³-hybridized carbons (Fsp3) is 0.750. The number of hydrogen-bond acceptors (Lipinski definition) is 21. The molecule has 17 unspecified atom stereocenters. The number of amides is 10. The SMILES string of the molecule is CC(=O)NC1C(OC2C(CO)OC(O)C(NC(C)=O)C2OC(C)C(=O)NC(C)C(=O)NC(CCC(=O)NC(CCCCNC(=O)C(C)NC(=O)C(C)N)C(=O)NC(C)C(=O)NCC(=O)O)C(N)=O)OC(CO)C(O)C1O. The van der Waals surface area contributed by atoms with E-state index >= 15 is 0 Å². The number of carboxylic acid groups (broad SMARTS) is 1. The maximum atomic E-state index is 13.6. The molecule has 0 aromatic carbocycles. The number of carbonyl (C=O) groups is 11. The molecule has 2 rings (SSSR count). The van der Waals surface area contributed by atoms with Crippen molar-refractivity contribution in [3.05, 3.63) is 0 Å². The Morgan fingerprint density at radius 1 is 0.605 bits per heavy atom. The summed E-state index contributed by atoms with van der Waals surface area (Å²) in [5.74, 6) is -9.50. The minimum absolute atomic E-state index is 0.0594. The van der Waals surface area contributed by atoms with Crippen molar-refractivity contribution >= 4 is 65.0 Å². The summed E-state index contributed by atoms with van der Waals surface area (Å²) in [4.78, 5) is 138. The van der Waals surface area contributed by atoms with Crippen LogP contribution in [0.2, 0.25) is 0 Å². The number of carbonyl (C=O) groups excluding carboxylic acids is 10. The van der Waals surface area contributed by atoms with E-state index in [0.717, 1.165) is 13.8 Å². The van der Waals surface area contributed by atoms with E-state index in [0.29, 0.717) is 0 Å². The molecule has 2 saturated heterocycles. The lowest BCUT2D eigenvalue weighted by Gasteiger charge is -2.48. The third-order valence-electron chi connectivity index (χ3n) is 11.8. The Morgan fingerprint density at radius 3 is 1.71 bits per heavy atom. The minimum atomic E-state index is -1.91. The van der Waals surface area contributed by atoms with Gasteiger partial charge < -0.3 is 109 Å². The van der Waals surface area contributed by atoms with Crippen molar-refractivity contribution in [2.24, 2.45) is 11.5 Å².